The smallest absolute Gasteiger partial charge is 0.397 e. The predicted molar refractivity (Wildman–Crippen MR) is 184 cm³/mol. The van der Waals surface area contributed by atoms with Gasteiger partial charge in [0.05, 0.1) is 18.2 Å². The third kappa shape index (κ3) is 10.5. The van der Waals surface area contributed by atoms with Gasteiger partial charge in [-0.25, -0.2) is 19.6 Å². The molecule has 2 N–H and O–H groups in total. The molecule has 0 radical (unpaired) electrons. The van der Waals surface area contributed by atoms with Crippen LogP contribution in [-0.4, -0.2) is 72.2 Å². The maximum atomic E-state index is 13.7. The number of hydrogen-bond acceptors (Lipinski definition) is 9. The highest BCUT2D eigenvalue weighted by Gasteiger charge is 2.48. The Morgan fingerprint density at radius 3 is 2.59 bits per heavy atom. The summed E-state index contributed by atoms with van der Waals surface area (Å²) in [6.45, 7) is 5.02. The fraction of sp³-hybridized carbons (Fsp3) is 0.486. The molecule has 0 spiro atoms. The number of hydrogen-bond donors (Lipinski definition) is 2. The Hall–Kier alpha value is -4.15. The molecule has 3 aromatic heterocycles. The van der Waals surface area contributed by atoms with Crippen LogP contribution in [0, 0.1) is 17.3 Å². The van der Waals surface area contributed by atoms with Crippen molar-refractivity contribution in [3.63, 3.8) is 0 Å². The van der Waals surface area contributed by atoms with Crippen LogP contribution < -0.4 is 14.8 Å². The average molecular weight is 734 g/mol. The number of benzene rings is 1. The first-order chi connectivity index (χ1) is 24.3. The molecule has 4 heterocycles. The molecule has 4 aromatic rings. The van der Waals surface area contributed by atoms with E-state index in [9.17, 15) is 26.0 Å². The third-order valence-corrected chi connectivity index (χ3v) is 9.85. The number of nitrogens with one attached hydrogen (secondary N) is 2. The fourth-order valence-corrected chi connectivity index (χ4v) is 6.45. The van der Waals surface area contributed by atoms with Crippen LogP contribution in [0.2, 0.25) is 0 Å². The van der Waals surface area contributed by atoms with Crippen molar-refractivity contribution in [2.45, 2.75) is 70.0 Å². The number of aromatic nitrogens is 5. The number of aryl methyl sites for hydroxylation is 1. The van der Waals surface area contributed by atoms with E-state index in [4.69, 9.17) is 9.47 Å². The van der Waals surface area contributed by atoms with Crippen molar-refractivity contribution < 1.29 is 35.5 Å². The maximum Gasteiger partial charge on any atom is 0.397 e. The van der Waals surface area contributed by atoms with E-state index in [1.165, 1.54) is 35.6 Å². The van der Waals surface area contributed by atoms with Gasteiger partial charge in [-0.15, -0.1) is 5.10 Å². The Bertz CT molecular complexity index is 1850. The van der Waals surface area contributed by atoms with Gasteiger partial charge in [0.2, 0.25) is 11.8 Å². The molecular weight excluding hydrogens is 690 g/mol. The van der Waals surface area contributed by atoms with Crippen LogP contribution in [0.25, 0.3) is 17.1 Å². The molecule has 1 aliphatic rings. The summed E-state index contributed by atoms with van der Waals surface area (Å²) >= 11 is 0. The minimum atomic E-state index is -4.48. The monoisotopic (exact) mass is 733 g/mol. The second-order valence-corrected chi connectivity index (χ2v) is 14.8. The minimum absolute atomic E-state index is 0.0584. The molecule has 0 bridgehead atoms. The molecule has 1 atom stereocenters. The van der Waals surface area contributed by atoms with Crippen LogP contribution in [0.1, 0.15) is 57.9 Å². The third-order valence-electron chi connectivity index (χ3n) is 8.60. The number of pyridine rings is 1. The zero-order chi connectivity index (χ0) is 36.5. The van der Waals surface area contributed by atoms with Crippen molar-refractivity contribution in [2.75, 3.05) is 37.6 Å². The maximum absolute atomic E-state index is 13.7. The first-order valence-corrected chi connectivity index (χ1v) is 18.5. The Balaban J connectivity index is 1.33. The van der Waals surface area contributed by atoms with E-state index < -0.39 is 39.2 Å². The van der Waals surface area contributed by atoms with Crippen LogP contribution in [0.15, 0.2) is 66.0 Å². The summed E-state index contributed by atoms with van der Waals surface area (Å²) in [6.07, 6.45) is 5.17. The molecule has 1 aliphatic heterocycles. The van der Waals surface area contributed by atoms with E-state index in [2.05, 4.69) is 30.1 Å². The van der Waals surface area contributed by atoms with Gasteiger partial charge < -0.3 is 14.8 Å². The topological polar surface area (TPSA) is 133 Å². The van der Waals surface area contributed by atoms with Gasteiger partial charge in [-0.3, -0.25) is 4.72 Å². The van der Waals surface area contributed by atoms with Crippen LogP contribution in [0.5, 0.6) is 5.88 Å². The molecular formula is C35H43F4N7O4S. The lowest BCUT2D eigenvalue weighted by Gasteiger charge is -2.26. The van der Waals surface area contributed by atoms with Gasteiger partial charge >= 0.3 is 6.18 Å². The highest BCUT2D eigenvalue weighted by atomic mass is 32.2. The van der Waals surface area contributed by atoms with Crippen molar-refractivity contribution in [3.8, 4) is 23.0 Å². The first-order valence-electron chi connectivity index (χ1n) is 17.0. The van der Waals surface area contributed by atoms with Gasteiger partial charge in [0, 0.05) is 31.0 Å². The van der Waals surface area contributed by atoms with Crippen LogP contribution in [0.3, 0.4) is 0 Å². The summed E-state index contributed by atoms with van der Waals surface area (Å²) in [5.41, 5.74) is -0.251. The number of unbranched alkanes of at least 4 members (excludes halogenated alkanes) is 3. The minimum Gasteiger partial charge on any atom is -0.476 e. The molecule has 0 saturated carbocycles. The summed E-state index contributed by atoms with van der Waals surface area (Å²) in [5, 5.41) is 7.31. The zero-order valence-corrected chi connectivity index (χ0v) is 29.4. The summed E-state index contributed by atoms with van der Waals surface area (Å²) in [6, 6.07) is 12.3. The highest BCUT2D eigenvalue weighted by Crippen LogP contribution is 2.38. The normalized spacial score (nSPS) is 15.5. The predicted octanol–water partition coefficient (Wildman–Crippen LogP) is 6.75. The van der Waals surface area contributed by atoms with Crippen molar-refractivity contribution in [2.24, 2.45) is 11.3 Å². The second kappa shape index (κ2) is 16.9. The van der Waals surface area contributed by atoms with Gasteiger partial charge in [0.25, 0.3) is 10.0 Å². The Kier molecular flexibility index (Phi) is 12.6. The van der Waals surface area contributed by atoms with Crippen LogP contribution in [-0.2, 0) is 21.2 Å². The Morgan fingerprint density at radius 2 is 1.82 bits per heavy atom. The van der Waals surface area contributed by atoms with Crippen molar-refractivity contribution >= 4 is 15.8 Å². The van der Waals surface area contributed by atoms with Crippen LogP contribution >= 0.6 is 0 Å². The average Bonchev–Trinajstić information content (AvgIpc) is 3.57. The molecule has 0 aliphatic carbocycles. The number of rotatable bonds is 17. The SMILES string of the molecule is CC(C)(COc1ccn(-c2ncc(NS(=O)(=O)c3cccc(F)n3)nc2-c2ccccc2CCCCCCNCC2CCCOC2)n1)C(F)(F)F. The largest absolute Gasteiger partial charge is 0.476 e. The number of alkyl halides is 3. The summed E-state index contributed by atoms with van der Waals surface area (Å²) in [7, 11) is -4.33. The summed E-state index contributed by atoms with van der Waals surface area (Å²) < 4.78 is 94.7. The van der Waals surface area contributed by atoms with E-state index >= 15 is 0 Å². The number of anilines is 1. The molecule has 276 valence electrons. The lowest BCUT2D eigenvalue weighted by molar-refractivity contribution is -0.219. The highest BCUT2D eigenvalue weighted by molar-refractivity contribution is 7.92. The molecule has 5 rings (SSSR count). The zero-order valence-electron chi connectivity index (χ0n) is 28.6. The van der Waals surface area contributed by atoms with E-state index in [1.807, 2.05) is 24.3 Å². The second-order valence-electron chi connectivity index (χ2n) is 13.2. The molecule has 1 saturated heterocycles. The summed E-state index contributed by atoms with van der Waals surface area (Å²) in [5.74, 6) is -0.407. The standard InChI is InChI=1S/C35H43F4N7O4S/c1-34(2,35(37,38)39)24-50-30-17-19-46(44-30)33-32(43-29(22-41-33)45-51(47,48)31-16-9-15-28(36)42-31)27-14-7-6-13-26(27)12-5-3-4-8-18-40-21-25-11-10-20-49-23-25/h6-7,9,13-17,19,22,25,40H,3-5,8,10-12,18,20-21,23-24H2,1-2H3,(H,43,45). The lowest BCUT2D eigenvalue weighted by atomic mass is 9.94. The van der Waals surface area contributed by atoms with Gasteiger partial charge in [-0.2, -0.15) is 26.0 Å². The first kappa shape index (κ1) is 38.1. The van der Waals surface area contributed by atoms with Gasteiger partial charge in [0.1, 0.15) is 12.3 Å². The molecule has 1 aromatic carbocycles. The Labute approximate surface area is 295 Å². The summed E-state index contributed by atoms with van der Waals surface area (Å²) in [4.78, 5) is 12.5. The van der Waals surface area contributed by atoms with Gasteiger partial charge in [-0.05, 0) is 76.1 Å². The van der Waals surface area contributed by atoms with E-state index in [1.54, 1.807) is 0 Å². The Morgan fingerprint density at radius 1 is 1.02 bits per heavy atom. The number of ether oxygens (including phenoxy) is 2. The van der Waals surface area contributed by atoms with Gasteiger partial charge in [-0.1, -0.05) is 43.2 Å². The van der Waals surface area contributed by atoms with Crippen molar-refractivity contribution in [3.05, 3.63) is 72.4 Å². The quantitative estimate of drug-likeness (QED) is 0.0687. The number of halogens is 4. The molecule has 51 heavy (non-hydrogen) atoms. The molecule has 1 fully saturated rings. The molecule has 16 heteroatoms. The van der Waals surface area contributed by atoms with E-state index in [-0.39, 0.29) is 23.2 Å². The number of sulfonamides is 1. The lowest BCUT2D eigenvalue weighted by Crippen LogP contribution is -2.37. The molecule has 1 unspecified atom stereocenters. The molecule has 0 amide bonds. The van der Waals surface area contributed by atoms with Crippen LogP contribution in [0.4, 0.5) is 23.4 Å². The number of nitrogens with zero attached hydrogens (tertiary/aromatic N) is 5. The molecule has 11 nitrogen and oxygen atoms in total. The van der Waals surface area contributed by atoms with E-state index in [0.29, 0.717) is 17.9 Å². The van der Waals surface area contributed by atoms with Gasteiger partial charge in [0.15, 0.2) is 16.7 Å². The van der Waals surface area contributed by atoms with E-state index in [0.717, 1.165) is 90.0 Å². The van der Waals surface area contributed by atoms with Crippen molar-refractivity contribution in [1.82, 2.24) is 30.0 Å². The van der Waals surface area contributed by atoms with Crippen molar-refractivity contribution in [1.29, 1.82) is 0 Å². The fourth-order valence-electron chi connectivity index (χ4n) is 5.51.